The lowest BCUT2D eigenvalue weighted by Crippen LogP contribution is -2.50. The standard InChI is InChI=1S/C20H36N3/c1-4-5-6-7-8-9-16-23(2,3)20-14-15-22(17-20)19-12-10-18(21)11-13-19/h10-13,20H,4-9,14-17,21H2,1-3H3/q+1. The molecule has 130 valence electrons. The molecule has 0 spiro atoms. The molecule has 1 fully saturated rings. The molecule has 0 radical (unpaired) electrons. The van der Waals surface area contributed by atoms with Crippen molar-refractivity contribution in [1.82, 2.24) is 0 Å². The van der Waals surface area contributed by atoms with Gasteiger partial charge in [0.1, 0.15) is 6.04 Å². The van der Waals surface area contributed by atoms with E-state index in [1.54, 1.807) is 0 Å². The smallest absolute Gasteiger partial charge is 0.108 e. The first-order valence-electron chi connectivity index (χ1n) is 9.46. The van der Waals surface area contributed by atoms with Crippen molar-refractivity contribution in [3.05, 3.63) is 24.3 Å². The van der Waals surface area contributed by atoms with Gasteiger partial charge in [-0.15, -0.1) is 0 Å². The van der Waals surface area contributed by atoms with E-state index in [9.17, 15) is 0 Å². The highest BCUT2D eigenvalue weighted by Gasteiger charge is 2.34. The van der Waals surface area contributed by atoms with E-state index in [0.717, 1.165) is 11.7 Å². The monoisotopic (exact) mass is 318 g/mol. The summed E-state index contributed by atoms with van der Waals surface area (Å²) in [5.74, 6) is 0. The number of nitrogens with two attached hydrogens (primary N) is 1. The van der Waals surface area contributed by atoms with Gasteiger partial charge in [0.2, 0.25) is 0 Å². The van der Waals surface area contributed by atoms with E-state index in [4.69, 9.17) is 5.73 Å². The number of unbranched alkanes of at least 4 members (excludes halogenated alkanes) is 5. The van der Waals surface area contributed by atoms with Gasteiger partial charge in [0.15, 0.2) is 0 Å². The third kappa shape index (κ3) is 5.42. The van der Waals surface area contributed by atoms with E-state index < -0.39 is 0 Å². The second-order valence-corrected chi connectivity index (χ2v) is 7.75. The molecule has 1 saturated heterocycles. The van der Waals surface area contributed by atoms with Crippen molar-refractivity contribution in [2.24, 2.45) is 0 Å². The van der Waals surface area contributed by atoms with Gasteiger partial charge >= 0.3 is 0 Å². The predicted molar refractivity (Wildman–Crippen MR) is 102 cm³/mol. The van der Waals surface area contributed by atoms with Crippen molar-refractivity contribution in [1.29, 1.82) is 0 Å². The molecule has 0 aliphatic carbocycles. The van der Waals surface area contributed by atoms with Gasteiger partial charge in [-0.25, -0.2) is 0 Å². The number of quaternary nitrogens is 1. The fourth-order valence-electron chi connectivity index (χ4n) is 3.71. The van der Waals surface area contributed by atoms with Gasteiger partial charge in [-0.05, 0) is 37.1 Å². The molecule has 3 heteroatoms. The molecule has 1 unspecified atom stereocenters. The SMILES string of the molecule is CCCCCCCC[N+](C)(C)C1CCN(c2ccc(N)cc2)C1. The summed E-state index contributed by atoms with van der Waals surface area (Å²) in [6.07, 6.45) is 9.63. The van der Waals surface area contributed by atoms with E-state index in [-0.39, 0.29) is 0 Å². The van der Waals surface area contributed by atoms with Crippen LogP contribution in [0.4, 0.5) is 11.4 Å². The van der Waals surface area contributed by atoms with Crippen LogP contribution in [0.3, 0.4) is 0 Å². The fourth-order valence-corrected chi connectivity index (χ4v) is 3.71. The second kappa shape index (κ2) is 8.58. The van der Waals surface area contributed by atoms with Crippen molar-refractivity contribution in [2.75, 3.05) is 44.4 Å². The van der Waals surface area contributed by atoms with Gasteiger partial charge in [-0.2, -0.15) is 0 Å². The van der Waals surface area contributed by atoms with E-state index in [1.165, 1.54) is 74.8 Å². The van der Waals surface area contributed by atoms with Gasteiger partial charge in [0, 0.05) is 24.3 Å². The minimum absolute atomic E-state index is 0.753. The number of anilines is 2. The number of hydrogen-bond donors (Lipinski definition) is 1. The molecule has 0 bridgehead atoms. The predicted octanol–water partition coefficient (Wildman–Crippen LogP) is 4.28. The molecule has 23 heavy (non-hydrogen) atoms. The molecule has 0 saturated carbocycles. The zero-order valence-electron chi connectivity index (χ0n) is 15.4. The van der Waals surface area contributed by atoms with Crippen molar-refractivity contribution in [3.8, 4) is 0 Å². The first-order chi connectivity index (χ1) is 11.0. The number of rotatable bonds is 9. The van der Waals surface area contributed by atoms with Crippen LogP contribution in [0.1, 0.15) is 51.9 Å². The van der Waals surface area contributed by atoms with Gasteiger partial charge in [-0.1, -0.05) is 32.6 Å². The van der Waals surface area contributed by atoms with Crippen LogP contribution in [0.2, 0.25) is 0 Å². The van der Waals surface area contributed by atoms with Crippen LogP contribution in [0.25, 0.3) is 0 Å². The largest absolute Gasteiger partial charge is 0.399 e. The summed E-state index contributed by atoms with van der Waals surface area (Å²) in [5.41, 5.74) is 7.97. The zero-order chi connectivity index (χ0) is 16.7. The van der Waals surface area contributed by atoms with Crippen LogP contribution >= 0.6 is 0 Å². The fraction of sp³-hybridized carbons (Fsp3) is 0.700. The maximum atomic E-state index is 5.80. The number of likely N-dealkylation sites (N-methyl/N-ethyl adjacent to an activating group) is 1. The van der Waals surface area contributed by atoms with Gasteiger partial charge in [-0.3, -0.25) is 0 Å². The number of nitrogen functional groups attached to an aromatic ring is 1. The summed E-state index contributed by atoms with van der Waals surface area (Å²) >= 11 is 0. The molecule has 2 N–H and O–H groups in total. The lowest BCUT2D eigenvalue weighted by molar-refractivity contribution is -0.912. The van der Waals surface area contributed by atoms with E-state index in [0.29, 0.717) is 0 Å². The quantitative estimate of drug-likeness (QED) is 0.418. The Balaban J connectivity index is 1.76. The normalized spacial score (nSPS) is 18.6. The summed E-state index contributed by atoms with van der Waals surface area (Å²) in [4.78, 5) is 2.52. The maximum Gasteiger partial charge on any atom is 0.108 e. The van der Waals surface area contributed by atoms with Crippen LogP contribution < -0.4 is 10.6 Å². The van der Waals surface area contributed by atoms with Crippen molar-refractivity contribution >= 4 is 11.4 Å². The molecule has 1 heterocycles. The van der Waals surface area contributed by atoms with E-state index >= 15 is 0 Å². The Labute approximate surface area is 143 Å². The van der Waals surface area contributed by atoms with Crippen molar-refractivity contribution < 1.29 is 4.48 Å². The highest BCUT2D eigenvalue weighted by atomic mass is 15.4. The van der Waals surface area contributed by atoms with Crippen LogP contribution in [0.5, 0.6) is 0 Å². The van der Waals surface area contributed by atoms with Crippen molar-refractivity contribution in [3.63, 3.8) is 0 Å². The molecule has 1 aliphatic heterocycles. The van der Waals surface area contributed by atoms with Crippen molar-refractivity contribution in [2.45, 2.75) is 57.9 Å². The highest BCUT2D eigenvalue weighted by Crippen LogP contribution is 2.26. The summed E-state index contributed by atoms with van der Waals surface area (Å²) in [5, 5.41) is 0. The summed E-state index contributed by atoms with van der Waals surface area (Å²) in [7, 11) is 4.84. The van der Waals surface area contributed by atoms with Gasteiger partial charge in [0.05, 0.1) is 27.2 Å². The molecule has 0 amide bonds. The molecule has 3 nitrogen and oxygen atoms in total. The average molecular weight is 319 g/mol. The Hall–Kier alpha value is -1.22. The van der Waals surface area contributed by atoms with E-state index in [2.05, 4.69) is 38.1 Å². The topological polar surface area (TPSA) is 29.3 Å². The number of nitrogens with zero attached hydrogens (tertiary/aromatic N) is 2. The molecule has 1 aromatic carbocycles. The Morgan fingerprint density at radius 2 is 1.70 bits per heavy atom. The first-order valence-corrected chi connectivity index (χ1v) is 9.46. The third-order valence-electron chi connectivity index (χ3n) is 5.50. The zero-order valence-corrected chi connectivity index (χ0v) is 15.4. The maximum absolute atomic E-state index is 5.80. The summed E-state index contributed by atoms with van der Waals surface area (Å²) in [6.45, 7) is 5.94. The van der Waals surface area contributed by atoms with Gasteiger partial charge in [0.25, 0.3) is 0 Å². The molecular weight excluding hydrogens is 282 g/mol. The lowest BCUT2D eigenvalue weighted by Gasteiger charge is -2.36. The summed E-state index contributed by atoms with van der Waals surface area (Å²) < 4.78 is 1.17. The second-order valence-electron chi connectivity index (χ2n) is 7.75. The molecular formula is C20H36N3+. The minimum Gasteiger partial charge on any atom is -0.399 e. The Morgan fingerprint density at radius 3 is 2.39 bits per heavy atom. The Bertz CT molecular complexity index is 452. The Kier molecular flexibility index (Phi) is 6.76. The summed E-state index contributed by atoms with van der Waals surface area (Å²) in [6, 6.07) is 9.10. The number of benzene rings is 1. The van der Waals surface area contributed by atoms with Gasteiger partial charge < -0.3 is 15.1 Å². The van der Waals surface area contributed by atoms with Crippen LogP contribution in [0.15, 0.2) is 24.3 Å². The minimum atomic E-state index is 0.753. The van der Waals surface area contributed by atoms with Crippen LogP contribution in [-0.4, -0.2) is 44.3 Å². The molecule has 2 rings (SSSR count). The third-order valence-corrected chi connectivity index (χ3v) is 5.50. The molecule has 1 aliphatic rings. The van der Waals surface area contributed by atoms with Crippen LogP contribution in [-0.2, 0) is 0 Å². The Morgan fingerprint density at radius 1 is 1.04 bits per heavy atom. The first kappa shape index (κ1) is 18.1. The molecule has 1 atom stereocenters. The molecule has 1 aromatic rings. The van der Waals surface area contributed by atoms with E-state index in [1.807, 2.05) is 12.1 Å². The molecule has 0 aromatic heterocycles. The number of hydrogen-bond acceptors (Lipinski definition) is 2. The highest BCUT2D eigenvalue weighted by molar-refractivity contribution is 5.53. The average Bonchev–Trinajstić information content (AvgIpc) is 3.02. The van der Waals surface area contributed by atoms with Crippen LogP contribution in [0, 0.1) is 0 Å². The lowest BCUT2D eigenvalue weighted by atomic mass is 10.1.